The second-order valence-electron chi connectivity index (χ2n) is 8.01. The van der Waals surface area contributed by atoms with Gasteiger partial charge in [0.1, 0.15) is 0 Å². The second kappa shape index (κ2) is 11.5. The Morgan fingerprint density at radius 1 is 0.969 bits per heavy atom. The lowest BCUT2D eigenvalue weighted by molar-refractivity contribution is -0.115. The van der Waals surface area contributed by atoms with Crippen LogP contribution in [0.4, 0.5) is 11.4 Å². The summed E-state index contributed by atoms with van der Waals surface area (Å²) in [5, 5.41) is 2.44. The zero-order valence-corrected chi connectivity index (χ0v) is 21.3. The van der Waals surface area contributed by atoms with Crippen LogP contribution in [0.1, 0.15) is 59.8 Å². The lowest BCUT2D eigenvalue weighted by Gasteiger charge is -2.26. The van der Waals surface area contributed by atoms with Crippen LogP contribution in [0.3, 0.4) is 0 Å². The maximum Gasteiger partial charge on any atom is 0.243 e. The molecule has 0 aliphatic heterocycles. The molecular formula is C22H37N3O5S2. The molecule has 0 bridgehead atoms. The van der Waals surface area contributed by atoms with Gasteiger partial charge in [-0.3, -0.25) is 4.79 Å². The summed E-state index contributed by atoms with van der Waals surface area (Å²) in [6.45, 7) is 9.55. The fraction of sp³-hybridized carbons (Fsp3) is 0.682. The molecule has 1 aromatic carbocycles. The largest absolute Gasteiger partial charge is 0.370 e. The molecule has 1 N–H and O–H groups in total. The Kier molecular flexibility index (Phi) is 9.53. The number of carbonyl (C=O) groups is 1. The van der Waals surface area contributed by atoms with Crippen LogP contribution >= 0.6 is 0 Å². The molecule has 1 aliphatic rings. The van der Waals surface area contributed by atoms with Gasteiger partial charge in [0, 0.05) is 32.6 Å². The molecule has 182 valence electrons. The van der Waals surface area contributed by atoms with E-state index in [-0.39, 0.29) is 22.3 Å². The van der Waals surface area contributed by atoms with E-state index in [9.17, 15) is 21.6 Å². The molecule has 1 fully saturated rings. The molecule has 8 nitrogen and oxygen atoms in total. The van der Waals surface area contributed by atoms with E-state index in [0.717, 1.165) is 12.8 Å². The maximum absolute atomic E-state index is 13.0. The Morgan fingerprint density at radius 3 is 2.09 bits per heavy atom. The summed E-state index contributed by atoms with van der Waals surface area (Å²) >= 11 is 0. The van der Waals surface area contributed by atoms with Gasteiger partial charge in [0.2, 0.25) is 15.9 Å². The Balaban J connectivity index is 2.29. The molecular weight excluding hydrogens is 450 g/mol. The van der Waals surface area contributed by atoms with Crippen molar-refractivity contribution in [3.8, 4) is 0 Å². The number of hydrogen-bond acceptors (Lipinski definition) is 6. The van der Waals surface area contributed by atoms with Crippen LogP contribution in [0.5, 0.6) is 0 Å². The summed E-state index contributed by atoms with van der Waals surface area (Å²) in [7, 11) is -7.00. The minimum absolute atomic E-state index is 0.103. The van der Waals surface area contributed by atoms with Gasteiger partial charge in [-0.1, -0.05) is 26.7 Å². The first-order valence-electron chi connectivity index (χ1n) is 11.5. The van der Waals surface area contributed by atoms with E-state index in [1.165, 1.54) is 10.4 Å². The van der Waals surface area contributed by atoms with Gasteiger partial charge in [0.25, 0.3) is 0 Å². The lowest BCUT2D eigenvalue weighted by atomic mass is 10.2. The molecule has 0 spiro atoms. The number of benzene rings is 1. The predicted octanol–water partition coefficient (Wildman–Crippen LogP) is 3.25. The van der Waals surface area contributed by atoms with E-state index in [2.05, 4.69) is 5.32 Å². The summed E-state index contributed by atoms with van der Waals surface area (Å²) in [5.74, 6) is -0.626. The van der Waals surface area contributed by atoms with Crippen molar-refractivity contribution in [2.45, 2.75) is 69.9 Å². The third kappa shape index (κ3) is 6.23. The summed E-state index contributed by atoms with van der Waals surface area (Å²) in [5.41, 5.74) is 1.09. The quantitative estimate of drug-likeness (QED) is 0.485. The minimum atomic E-state index is -3.69. The number of sulfone groups is 1. The summed E-state index contributed by atoms with van der Waals surface area (Å²) in [6, 6.07) is 4.74. The molecule has 0 saturated heterocycles. The Morgan fingerprint density at radius 2 is 1.56 bits per heavy atom. The number of rotatable bonds is 12. The molecule has 0 unspecified atom stereocenters. The zero-order chi connectivity index (χ0) is 23.9. The fourth-order valence-corrected chi connectivity index (χ4v) is 7.53. The van der Waals surface area contributed by atoms with E-state index < -0.39 is 25.8 Å². The van der Waals surface area contributed by atoms with Gasteiger partial charge in [-0.2, -0.15) is 4.31 Å². The van der Waals surface area contributed by atoms with Crippen molar-refractivity contribution < 1.29 is 21.6 Å². The normalized spacial score (nSPS) is 15.3. The van der Waals surface area contributed by atoms with E-state index in [1.54, 1.807) is 26.0 Å². The SMILES string of the molecule is CCN(CC)c1ccc(S(=O)(=O)N(CC)CC)cc1NC(=O)CCS(=O)(=O)C1CCCC1. The number of sulfonamides is 1. The first kappa shape index (κ1) is 26.6. The van der Waals surface area contributed by atoms with Gasteiger partial charge in [0.05, 0.1) is 27.3 Å². The Bertz CT molecular complexity index is 979. The predicted molar refractivity (Wildman–Crippen MR) is 129 cm³/mol. The fourth-order valence-electron chi connectivity index (χ4n) is 4.19. The van der Waals surface area contributed by atoms with Crippen LogP contribution in [0.2, 0.25) is 0 Å². The highest BCUT2D eigenvalue weighted by molar-refractivity contribution is 7.92. The van der Waals surface area contributed by atoms with Crippen LogP contribution in [-0.4, -0.2) is 64.2 Å². The van der Waals surface area contributed by atoms with Gasteiger partial charge in [-0.15, -0.1) is 0 Å². The number of amides is 1. The first-order chi connectivity index (χ1) is 15.1. The van der Waals surface area contributed by atoms with Crippen molar-refractivity contribution in [1.82, 2.24) is 4.31 Å². The van der Waals surface area contributed by atoms with Gasteiger partial charge in [-0.05, 0) is 44.9 Å². The first-order valence-corrected chi connectivity index (χ1v) is 14.7. The van der Waals surface area contributed by atoms with Crippen molar-refractivity contribution in [2.75, 3.05) is 42.1 Å². The van der Waals surface area contributed by atoms with Crippen LogP contribution in [0.25, 0.3) is 0 Å². The number of carbonyl (C=O) groups excluding carboxylic acids is 1. The van der Waals surface area contributed by atoms with E-state index in [0.29, 0.717) is 50.4 Å². The minimum Gasteiger partial charge on any atom is -0.370 e. The van der Waals surface area contributed by atoms with Crippen molar-refractivity contribution in [1.29, 1.82) is 0 Å². The number of nitrogens with one attached hydrogen (secondary N) is 1. The highest BCUT2D eigenvalue weighted by Crippen LogP contribution is 2.31. The van der Waals surface area contributed by atoms with Crippen molar-refractivity contribution in [3.63, 3.8) is 0 Å². The Hall–Kier alpha value is -1.65. The smallest absolute Gasteiger partial charge is 0.243 e. The average molecular weight is 488 g/mol. The molecule has 10 heteroatoms. The van der Waals surface area contributed by atoms with Crippen molar-refractivity contribution in [2.24, 2.45) is 0 Å². The summed E-state index contributed by atoms with van der Waals surface area (Å²) in [4.78, 5) is 14.8. The molecule has 1 aliphatic carbocycles. The second-order valence-corrected chi connectivity index (χ2v) is 12.4. The highest BCUT2D eigenvalue weighted by atomic mass is 32.2. The third-order valence-corrected chi connectivity index (χ3v) is 10.4. The van der Waals surface area contributed by atoms with Crippen LogP contribution in [0.15, 0.2) is 23.1 Å². The van der Waals surface area contributed by atoms with Crippen LogP contribution in [-0.2, 0) is 24.7 Å². The summed E-state index contributed by atoms with van der Waals surface area (Å²) in [6.07, 6.45) is 3.01. The topological polar surface area (TPSA) is 104 Å². The molecule has 0 atom stereocenters. The highest BCUT2D eigenvalue weighted by Gasteiger charge is 2.29. The van der Waals surface area contributed by atoms with Crippen molar-refractivity contribution in [3.05, 3.63) is 18.2 Å². The number of nitrogens with zero attached hydrogens (tertiary/aromatic N) is 2. The zero-order valence-electron chi connectivity index (χ0n) is 19.6. The lowest BCUT2D eigenvalue weighted by Crippen LogP contribution is -2.31. The molecule has 2 rings (SSSR count). The van der Waals surface area contributed by atoms with Gasteiger partial charge in [-0.25, -0.2) is 16.8 Å². The monoisotopic (exact) mass is 487 g/mol. The standard InChI is InChI=1S/C22H37N3O5S2/c1-5-24(6-2)21-14-13-19(32(29,30)25(7-3)8-4)17-20(21)23-22(26)15-16-31(27,28)18-11-9-10-12-18/h13-14,17-18H,5-12,15-16H2,1-4H3,(H,23,26). The number of hydrogen-bond donors (Lipinski definition) is 1. The van der Waals surface area contributed by atoms with E-state index in [1.807, 2.05) is 18.7 Å². The molecule has 0 heterocycles. The van der Waals surface area contributed by atoms with Gasteiger partial charge >= 0.3 is 0 Å². The van der Waals surface area contributed by atoms with Crippen LogP contribution < -0.4 is 10.2 Å². The summed E-state index contributed by atoms with van der Waals surface area (Å²) < 4.78 is 52.3. The molecule has 1 aromatic rings. The maximum atomic E-state index is 13.0. The number of anilines is 2. The van der Waals surface area contributed by atoms with Gasteiger partial charge in [0.15, 0.2) is 9.84 Å². The molecule has 1 saturated carbocycles. The van der Waals surface area contributed by atoms with Gasteiger partial charge < -0.3 is 10.2 Å². The molecule has 32 heavy (non-hydrogen) atoms. The molecule has 0 radical (unpaired) electrons. The van der Waals surface area contributed by atoms with Crippen LogP contribution in [0, 0.1) is 0 Å². The molecule has 1 amide bonds. The van der Waals surface area contributed by atoms with Crippen molar-refractivity contribution >= 4 is 37.1 Å². The van der Waals surface area contributed by atoms with E-state index in [4.69, 9.17) is 0 Å². The Labute approximate surface area is 193 Å². The molecule has 0 aromatic heterocycles. The van der Waals surface area contributed by atoms with E-state index >= 15 is 0 Å². The third-order valence-electron chi connectivity index (χ3n) is 6.11. The average Bonchev–Trinajstić information content (AvgIpc) is 3.31.